The van der Waals surface area contributed by atoms with Crippen molar-refractivity contribution in [1.29, 1.82) is 0 Å². The van der Waals surface area contributed by atoms with E-state index in [0.29, 0.717) is 18.1 Å². The van der Waals surface area contributed by atoms with Gasteiger partial charge in [-0.25, -0.2) is 4.98 Å². The first-order chi connectivity index (χ1) is 9.16. The molecule has 6 heteroatoms. The van der Waals surface area contributed by atoms with E-state index in [-0.39, 0.29) is 6.42 Å². The van der Waals surface area contributed by atoms with Gasteiger partial charge in [0.1, 0.15) is 5.01 Å². The molecule has 0 fully saturated rings. The van der Waals surface area contributed by atoms with Gasteiger partial charge < -0.3 is 10.4 Å². The number of halogens is 1. The zero-order valence-electron chi connectivity index (χ0n) is 10.1. The average molecular weight is 297 g/mol. The largest absolute Gasteiger partial charge is 0.481 e. The summed E-state index contributed by atoms with van der Waals surface area (Å²) >= 11 is 7.64. The van der Waals surface area contributed by atoms with E-state index in [1.54, 1.807) is 0 Å². The monoisotopic (exact) mass is 296 g/mol. The fraction of sp³-hybridized carbons (Fsp3) is 0.231. The lowest BCUT2D eigenvalue weighted by atomic mass is 10.2. The number of rotatable bonds is 6. The molecule has 0 aliphatic rings. The van der Waals surface area contributed by atoms with Crippen molar-refractivity contribution in [3.8, 4) is 10.6 Å². The third kappa shape index (κ3) is 4.02. The van der Waals surface area contributed by atoms with Gasteiger partial charge in [0, 0.05) is 24.0 Å². The Kier molecular flexibility index (Phi) is 4.90. The molecule has 0 saturated heterocycles. The molecule has 0 atom stereocenters. The SMILES string of the molecule is O=C(O)CCNCc1csc(-c2ccccc2Cl)n1. The summed E-state index contributed by atoms with van der Waals surface area (Å²) in [5, 5.41) is 15.1. The van der Waals surface area contributed by atoms with Crippen LogP contribution >= 0.6 is 22.9 Å². The molecule has 0 amide bonds. The zero-order chi connectivity index (χ0) is 13.7. The number of carboxylic acid groups (broad SMARTS) is 1. The van der Waals surface area contributed by atoms with Gasteiger partial charge in [-0.2, -0.15) is 0 Å². The highest BCUT2D eigenvalue weighted by atomic mass is 35.5. The lowest BCUT2D eigenvalue weighted by molar-refractivity contribution is -0.136. The van der Waals surface area contributed by atoms with Crippen LogP contribution in [0.25, 0.3) is 10.6 Å². The second kappa shape index (κ2) is 6.65. The molecule has 4 nitrogen and oxygen atoms in total. The van der Waals surface area contributed by atoms with Crippen molar-refractivity contribution in [3.63, 3.8) is 0 Å². The summed E-state index contributed by atoms with van der Waals surface area (Å²) in [5.74, 6) is -0.803. The maximum atomic E-state index is 10.4. The second-order valence-electron chi connectivity index (χ2n) is 3.94. The van der Waals surface area contributed by atoms with Crippen molar-refractivity contribution in [1.82, 2.24) is 10.3 Å². The van der Waals surface area contributed by atoms with Crippen LogP contribution < -0.4 is 5.32 Å². The number of benzene rings is 1. The molecule has 19 heavy (non-hydrogen) atoms. The zero-order valence-corrected chi connectivity index (χ0v) is 11.7. The van der Waals surface area contributed by atoms with E-state index in [0.717, 1.165) is 16.3 Å². The predicted octanol–water partition coefficient (Wildman–Crippen LogP) is 3.03. The van der Waals surface area contributed by atoms with Crippen LogP contribution in [0.3, 0.4) is 0 Å². The van der Waals surface area contributed by atoms with Crippen molar-refractivity contribution in [2.24, 2.45) is 0 Å². The van der Waals surface area contributed by atoms with Crippen LogP contribution in [0.4, 0.5) is 0 Å². The standard InChI is InChI=1S/C13H13ClN2O2S/c14-11-4-2-1-3-10(11)13-16-9(8-19-13)7-15-6-5-12(17)18/h1-4,8,15H,5-7H2,(H,17,18). The molecule has 2 N–H and O–H groups in total. The molecule has 0 unspecified atom stereocenters. The normalized spacial score (nSPS) is 10.6. The molecule has 100 valence electrons. The minimum absolute atomic E-state index is 0.113. The first-order valence-electron chi connectivity index (χ1n) is 5.78. The molecule has 0 spiro atoms. The first-order valence-corrected chi connectivity index (χ1v) is 7.04. The van der Waals surface area contributed by atoms with Crippen LogP contribution in [0, 0.1) is 0 Å². The van der Waals surface area contributed by atoms with Crippen LogP contribution in [-0.2, 0) is 11.3 Å². The fourth-order valence-corrected chi connectivity index (χ4v) is 2.70. The van der Waals surface area contributed by atoms with Gasteiger partial charge in [-0.3, -0.25) is 4.79 Å². The third-order valence-corrected chi connectivity index (χ3v) is 3.73. The Morgan fingerprint density at radius 3 is 2.95 bits per heavy atom. The van der Waals surface area contributed by atoms with E-state index in [1.165, 1.54) is 11.3 Å². The van der Waals surface area contributed by atoms with Gasteiger partial charge in [0.15, 0.2) is 0 Å². The molecule has 1 aromatic carbocycles. The summed E-state index contributed by atoms with van der Waals surface area (Å²) in [6.07, 6.45) is 0.113. The van der Waals surface area contributed by atoms with Gasteiger partial charge in [0.25, 0.3) is 0 Å². The van der Waals surface area contributed by atoms with E-state index in [2.05, 4.69) is 10.3 Å². The first kappa shape index (κ1) is 14.0. The summed E-state index contributed by atoms with van der Waals surface area (Å²) in [5.41, 5.74) is 1.82. The summed E-state index contributed by atoms with van der Waals surface area (Å²) in [7, 11) is 0. The number of hydrogen-bond donors (Lipinski definition) is 2. The molecule has 0 saturated carbocycles. The lowest BCUT2D eigenvalue weighted by Gasteiger charge is -2.00. The smallest absolute Gasteiger partial charge is 0.304 e. The average Bonchev–Trinajstić information content (AvgIpc) is 2.83. The maximum Gasteiger partial charge on any atom is 0.304 e. The Morgan fingerprint density at radius 2 is 2.21 bits per heavy atom. The molecule has 2 aromatic rings. The Labute approximate surface area is 120 Å². The second-order valence-corrected chi connectivity index (χ2v) is 5.21. The molecular weight excluding hydrogens is 284 g/mol. The summed E-state index contributed by atoms with van der Waals surface area (Å²) in [6.45, 7) is 1.00. The van der Waals surface area contributed by atoms with E-state index >= 15 is 0 Å². The number of nitrogens with zero attached hydrogens (tertiary/aromatic N) is 1. The highest BCUT2D eigenvalue weighted by Crippen LogP contribution is 2.29. The van der Waals surface area contributed by atoms with Crippen molar-refractivity contribution < 1.29 is 9.90 Å². The van der Waals surface area contributed by atoms with Gasteiger partial charge in [0.2, 0.25) is 0 Å². The number of nitrogens with one attached hydrogen (secondary N) is 1. The molecule has 0 aliphatic carbocycles. The third-order valence-electron chi connectivity index (χ3n) is 2.48. The summed E-state index contributed by atoms with van der Waals surface area (Å²) in [6, 6.07) is 7.58. The maximum absolute atomic E-state index is 10.4. The number of thiazole rings is 1. The van der Waals surface area contributed by atoms with Crippen molar-refractivity contribution in [2.45, 2.75) is 13.0 Å². The topological polar surface area (TPSA) is 62.2 Å². The van der Waals surface area contributed by atoms with Gasteiger partial charge in [-0.05, 0) is 6.07 Å². The molecule has 1 heterocycles. The van der Waals surface area contributed by atoms with E-state index in [9.17, 15) is 4.79 Å². The quantitative estimate of drug-likeness (QED) is 0.804. The molecular formula is C13H13ClN2O2S. The van der Waals surface area contributed by atoms with Gasteiger partial charge in [-0.1, -0.05) is 29.8 Å². The Balaban J connectivity index is 1.96. The summed E-state index contributed by atoms with van der Waals surface area (Å²) in [4.78, 5) is 14.9. The number of carboxylic acids is 1. The van der Waals surface area contributed by atoms with Crippen molar-refractivity contribution in [2.75, 3.05) is 6.54 Å². The summed E-state index contributed by atoms with van der Waals surface area (Å²) < 4.78 is 0. The van der Waals surface area contributed by atoms with E-state index in [1.807, 2.05) is 29.6 Å². The Bertz CT molecular complexity index is 571. The lowest BCUT2D eigenvalue weighted by Crippen LogP contribution is -2.17. The highest BCUT2D eigenvalue weighted by Gasteiger charge is 2.07. The van der Waals surface area contributed by atoms with E-state index < -0.39 is 5.97 Å². The number of carbonyl (C=O) groups is 1. The molecule has 0 bridgehead atoms. The Hall–Kier alpha value is -1.43. The Morgan fingerprint density at radius 1 is 1.42 bits per heavy atom. The predicted molar refractivity (Wildman–Crippen MR) is 76.5 cm³/mol. The highest BCUT2D eigenvalue weighted by molar-refractivity contribution is 7.13. The minimum atomic E-state index is -0.803. The van der Waals surface area contributed by atoms with E-state index in [4.69, 9.17) is 16.7 Å². The van der Waals surface area contributed by atoms with Crippen LogP contribution in [0.15, 0.2) is 29.6 Å². The number of aromatic nitrogens is 1. The molecule has 2 rings (SSSR count). The van der Waals surface area contributed by atoms with Crippen LogP contribution in [0.1, 0.15) is 12.1 Å². The van der Waals surface area contributed by atoms with Crippen LogP contribution in [0.2, 0.25) is 5.02 Å². The van der Waals surface area contributed by atoms with Gasteiger partial charge in [0.05, 0.1) is 17.1 Å². The fourth-order valence-electron chi connectivity index (χ4n) is 1.56. The number of hydrogen-bond acceptors (Lipinski definition) is 4. The molecule has 0 aliphatic heterocycles. The van der Waals surface area contributed by atoms with Crippen LogP contribution in [0.5, 0.6) is 0 Å². The minimum Gasteiger partial charge on any atom is -0.481 e. The molecule has 1 aromatic heterocycles. The van der Waals surface area contributed by atoms with Crippen LogP contribution in [-0.4, -0.2) is 22.6 Å². The van der Waals surface area contributed by atoms with Gasteiger partial charge >= 0.3 is 5.97 Å². The van der Waals surface area contributed by atoms with Gasteiger partial charge in [-0.15, -0.1) is 11.3 Å². The van der Waals surface area contributed by atoms with Crippen molar-refractivity contribution in [3.05, 3.63) is 40.4 Å². The van der Waals surface area contributed by atoms with Crippen molar-refractivity contribution >= 4 is 28.9 Å². The molecule has 0 radical (unpaired) electrons. The number of aliphatic carboxylic acids is 1.